The fourth-order valence-electron chi connectivity index (χ4n) is 2.83. The van der Waals surface area contributed by atoms with Crippen LogP contribution in [0.3, 0.4) is 0 Å². The number of methoxy groups -OCH3 is 1. The molecule has 0 aliphatic carbocycles. The SMILES string of the molecule is COc1nccc(OC2CCN(S(=O)(=O)c3cccc(C(F)(F)F)c3)CC2)n1. The van der Waals surface area contributed by atoms with Crippen LogP contribution in [0.5, 0.6) is 11.9 Å². The van der Waals surface area contributed by atoms with Gasteiger partial charge in [-0.3, -0.25) is 0 Å². The summed E-state index contributed by atoms with van der Waals surface area (Å²) in [4.78, 5) is 7.54. The normalized spacial score (nSPS) is 16.7. The third-order valence-corrected chi connectivity index (χ3v) is 6.17. The molecule has 1 fully saturated rings. The molecule has 1 aromatic carbocycles. The van der Waals surface area contributed by atoms with Crippen LogP contribution in [0.4, 0.5) is 13.2 Å². The van der Waals surface area contributed by atoms with Gasteiger partial charge in [0.15, 0.2) is 0 Å². The lowest BCUT2D eigenvalue weighted by Crippen LogP contribution is -2.41. The fourth-order valence-corrected chi connectivity index (χ4v) is 4.35. The van der Waals surface area contributed by atoms with Crippen molar-refractivity contribution >= 4 is 10.0 Å². The van der Waals surface area contributed by atoms with E-state index >= 15 is 0 Å². The Labute approximate surface area is 160 Å². The minimum atomic E-state index is -4.61. The van der Waals surface area contributed by atoms with Crippen molar-refractivity contribution in [1.82, 2.24) is 14.3 Å². The van der Waals surface area contributed by atoms with E-state index in [0.29, 0.717) is 24.8 Å². The third kappa shape index (κ3) is 4.53. The molecule has 28 heavy (non-hydrogen) atoms. The van der Waals surface area contributed by atoms with Crippen molar-refractivity contribution in [3.8, 4) is 11.9 Å². The summed E-state index contributed by atoms with van der Waals surface area (Å²) in [5.41, 5.74) is -0.996. The molecule has 0 saturated carbocycles. The Morgan fingerprint density at radius 2 is 1.89 bits per heavy atom. The number of sulfonamides is 1. The van der Waals surface area contributed by atoms with E-state index in [1.54, 1.807) is 6.07 Å². The minimum absolute atomic E-state index is 0.130. The number of alkyl halides is 3. The van der Waals surface area contributed by atoms with Crippen molar-refractivity contribution in [1.29, 1.82) is 0 Å². The Morgan fingerprint density at radius 3 is 2.54 bits per heavy atom. The molecule has 0 bridgehead atoms. The summed E-state index contributed by atoms with van der Waals surface area (Å²) >= 11 is 0. The molecule has 0 radical (unpaired) electrons. The smallest absolute Gasteiger partial charge is 0.416 e. The molecule has 152 valence electrons. The van der Waals surface area contributed by atoms with Gasteiger partial charge in [0.1, 0.15) is 6.10 Å². The first-order valence-electron chi connectivity index (χ1n) is 8.41. The topological polar surface area (TPSA) is 81.6 Å². The van der Waals surface area contributed by atoms with Gasteiger partial charge in [-0.05, 0) is 31.0 Å². The Hall–Kier alpha value is -2.40. The van der Waals surface area contributed by atoms with Gasteiger partial charge in [-0.2, -0.15) is 22.5 Å². The van der Waals surface area contributed by atoms with E-state index in [1.165, 1.54) is 23.7 Å². The highest BCUT2D eigenvalue weighted by molar-refractivity contribution is 7.89. The van der Waals surface area contributed by atoms with Gasteiger partial charge in [-0.15, -0.1) is 0 Å². The van der Waals surface area contributed by atoms with Crippen LogP contribution in [0.25, 0.3) is 0 Å². The highest BCUT2D eigenvalue weighted by Gasteiger charge is 2.34. The van der Waals surface area contributed by atoms with E-state index in [0.717, 1.165) is 12.1 Å². The van der Waals surface area contributed by atoms with E-state index in [4.69, 9.17) is 9.47 Å². The molecular weight excluding hydrogens is 399 g/mol. The van der Waals surface area contributed by atoms with Crippen LogP contribution in [-0.2, 0) is 16.2 Å². The van der Waals surface area contributed by atoms with Crippen molar-refractivity contribution in [2.24, 2.45) is 0 Å². The van der Waals surface area contributed by atoms with Crippen molar-refractivity contribution in [3.05, 3.63) is 42.1 Å². The van der Waals surface area contributed by atoms with E-state index < -0.39 is 21.8 Å². The van der Waals surface area contributed by atoms with Gasteiger partial charge in [0, 0.05) is 25.4 Å². The molecule has 0 spiro atoms. The molecular formula is C17H18F3N3O4S. The quantitative estimate of drug-likeness (QED) is 0.744. The largest absolute Gasteiger partial charge is 0.474 e. The maximum atomic E-state index is 12.9. The van der Waals surface area contributed by atoms with Crippen LogP contribution < -0.4 is 9.47 Å². The Balaban J connectivity index is 1.67. The molecule has 7 nitrogen and oxygen atoms in total. The lowest BCUT2D eigenvalue weighted by atomic mass is 10.1. The van der Waals surface area contributed by atoms with E-state index in [1.807, 2.05) is 0 Å². The number of ether oxygens (including phenoxy) is 2. The Kier molecular flexibility index (Phi) is 5.75. The third-order valence-electron chi connectivity index (χ3n) is 4.28. The summed E-state index contributed by atoms with van der Waals surface area (Å²) in [6, 6.07) is 5.48. The van der Waals surface area contributed by atoms with Crippen molar-refractivity contribution in [2.75, 3.05) is 20.2 Å². The van der Waals surface area contributed by atoms with Crippen molar-refractivity contribution in [3.63, 3.8) is 0 Å². The van der Waals surface area contributed by atoms with E-state index in [2.05, 4.69) is 9.97 Å². The molecule has 2 heterocycles. The Morgan fingerprint density at radius 1 is 1.18 bits per heavy atom. The second kappa shape index (κ2) is 7.92. The van der Waals surface area contributed by atoms with Gasteiger partial charge in [-0.1, -0.05) is 6.07 Å². The number of nitrogens with zero attached hydrogens (tertiary/aromatic N) is 3. The number of hydrogen-bond donors (Lipinski definition) is 0. The second-order valence-corrected chi connectivity index (χ2v) is 8.07. The first-order valence-corrected chi connectivity index (χ1v) is 9.85. The van der Waals surface area contributed by atoms with Gasteiger partial charge >= 0.3 is 12.2 Å². The van der Waals surface area contributed by atoms with E-state index in [-0.39, 0.29) is 30.1 Å². The molecule has 0 amide bonds. The Bertz CT molecular complexity index is 929. The van der Waals surface area contributed by atoms with Crippen molar-refractivity contribution in [2.45, 2.75) is 30.0 Å². The van der Waals surface area contributed by atoms with Crippen molar-refractivity contribution < 1.29 is 31.1 Å². The van der Waals surface area contributed by atoms with Crippen LogP contribution in [-0.4, -0.2) is 49.0 Å². The molecule has 0 atom stereocenters. The number of hydrogen-bond acceptors (Lipinski definition) is 6. The summed E-state index contributed by atoms with van der Waals surface area (Å²) in [6.07, 6.45) is -2.64. The van der Waals surface area contributed by atoms with Crippen LogP contribution in [0.15, 0.2) is 41.4 Å². The summed E-state index contributed by atoms with van der Waals surface area (Å²) in [6.45, 7) is 0.261. The minimum Gasteiger partial charge on any atom is -0.474 e. The van der Waals surface area contributed by atoms with Crippen LogP contribution in [0.1, 0.15) is 18.4 Å². The standard InChI is InChI=1S/C17H18F3N3O4S/c1-26-16-21-8-5-15(22-16)27-13-6-9-23(10-7-13)28(24,25)14-4-2-3-12(11-14)17(18,19)20/h2-5,8,11,13H,6-7,9-10H2,1H3. The predicted octanol–water partition coefficient (Wildman–Crippen LogP) is 2.74. The summed E-state index contributed by atoms with van der Waals surface area (Å²) < 4.78 is 75.8. The molecule has 1 saturated heterocycles. The van der Waals surface area contributed by atoms with Gasteiger partial charge < -0.3 is 9.47 Å². The number of rotatable bonds is 5. The van der Waals surface area contributed by atoms with E-state index in [9.17, 15) is 21.6 Å². The van der Waals surface area contributed by atoms with Gasteiger partial charge in [0.25, 0.3) is 0 Å². The zero-order valence-electron chi connectivity index (χ0n) is 14.9. The summed E-state index contributed by atoms with van der Waals surface area (Å²) in [7, 11) is -2.59. The number of benzene rings is 1. The molecule has 1 aliphatic rings. The predicted molar refractivity (Wildman–Crippen MR) is 92.4 cm³/mol. The average molecular weight is 417 g/mol. The number of halogens is 3. The van der Waals surface area contributed by atoms with Crippen LogP contribution in [0.2, 0.25) is 0 Å². The molecule has 3 rings (SSSR count). The monoisotopic (exact) mass is 417 g/mol. The van der Waals surface area contributed by atoms with Gasteiger partial charge in [0.05, 0.1) is 17.6 Å². The molecule has 0 unspecified atom stereocenters. The zero-order valence-corrected chi connectivity index (χ0v) is 15.7. The van der Waals surface area contributed by atoms with Gasteiger partial charge in [0.2, 0.25) is 15.9 Å². The second-order valence-electron chi connectivity index (χ2n) is 6.13. The first kappa shape index (κ1) is 20.3. The molecule has 0 N–H and O–H groups in total. The summed E-state index contributed by atoms with van der Waals surface area (Å²) in [5, 5.41) is 0. The summed E-state index contributed by atoms with van der Waals surface area (Å²) in [5.74, 6) is 0.311. The molecule has 1 aromatic heterocycles. The number of piperidine rings is 1. The maximum Gasteiger partial charge on any atom is 0.416 e. The zero-order chi connectivity index (χ0) is 20.4. The van der Waals surface area contributed by atoms with Crippen LogP contribution in [0, 0.1) is 0 Å². The molecule has 2 aromatic rings. The lowest BCUT2D eigenvalue weighted by Gasteiger charge is -2.31. The van der Waals surface area contributed by atoms with Gasteiger partial charge in [-0.25, -0.2) is 13.4 Å². The maximum absolute atomic E-state index is 12.9. The molecule has 11 heteroatoms. The van der Waals surface area contributed by atoms with Crippen LogP contribution >= 0.6 is 0 Å². The highest BCUT2D eigenvalue weighted by atomic mass is 32.2. The molecule has 1 aliphatic heterocycles. The fraction of sp³-hybridized carbons (Fsp3) is 0.412. The first-order chi connectivity index (χ1) is 13.2. The lowest BCUT2D eigenvalue weighted by molar-refractivity contribution is -0.137. The average Bonchev–Trinajstić information content (AvgIpc) is 2.68. The number of aromatic nitrogens is 2. The highest BCUT2D eigenvalue weighted by Crippen LogP contribution is 2.31.